The van der Waals surface area contributed by atoms with Crippen molar-refractivity contribution in [3.63, 3.8) is 0 Å². The van der Waals surface area contributed by atoms with Gasteiger partial charge >= 0.3 is 0 Å². The number of likely N-dealkylation sites (N-methyl/N-ethyl adjacent to an activating group) is 1. The van der Waals surface area contributed by atoms with Gasteiger partial charge in [0, 0.05) is 36.9 Å². The summed E-state index contributed by atoms with van der Waals surface area (Å²) in [5, 5.41) is 12.0. The summed E-state index contributed by atoms with van der Waals surface area (Å²) >= 11 is 0. The third kappa shape index (κ3) is 2.63. The summed E-state index contributed by atoms with van der Waals surface area (Å²) in [6.45, 7) is 6.20. The van der Waals surface area contributed by atoms with Gasteiger partial charge in [-0.3, -0.25) is 9.88 Å². The van der Waals surface area contributed by atoms with Crippen molar-refractivity contribution < 1.29 is 5.21 Å². The van der Waals surface area contributed by atoms with E-state index < -0.39 is 0 Å². The van der Waals surface area contributed by atoms with E-state index in [1.807, 2.05) is 0 Å². The average molecular weight is 263 g/mol. The van der Waals surface area contributed by atoms with Crippen molar-refractivity contribution in [2.45, 2.75) is 25.9 Å². The highest BCUT2D eigenvalue weighted by Crippen LogP contribution is 2.24. The van der Waals surface area contributed by atoms with E-state index in [4.69, 9.17) is 10.9 Å². The fourth-order valence-corrected chi connectivity index (χ4v) is 2.51. The van der Waals surface area contributed by atoms with Crippen LogP contribution in [0.4, 0.5) is 5.69 Å². The minimum atomic E-state index is 0.122. The van der Waals surface area contributed by atoms with E-state index in [1.54, 1.807) is 18.5 Å². The molecule has 0 radical (unpaired) electrons. The van der Waals surface area contributed by atoms with Crippen molar-refractivity contribution in [2.24, 2.45) is 10.9 Å². The zero-order chi connectivity index (χ0) is 14.0. The first-order valence-corrected chi connectivity index (χ1v) is 6.43. The van der Waals surface area contributed by atoms with Gasteiger partial charge in [-0.15, -0.1) is 0 Å². The molecule has 2 heterocycles. The van der Waals surface area contributed by atoms with Gasteiger partial charge in [-0.05, 0) is 27.0 Å². The molecule has 19 heavy (non-hydrogen) atoms. The highest BCUT2D eigenvalue weighted by atomic mass is 16.4. The van der Waals surface area contributed by atoms with Crippen LogP contribution in [0.1, 0.15) is 19.4 Å². The van der Waals surface area contributed by atoms with E-state index in [1.165, 1.54) is 0 Å². The van der Waals surface area contributed by atoms with Crippen LogP contribution in [0.3, 0.4) is 0 Å². The summed E-state index contributed by atoms with van der Waals surface area (Å²) in [4.78, 5) is 8.76. The standard InChI is InChI=1S/C13H21N5O/c1-9-7-18(8-10(2)17(9)3)12-6-15-5-4-11(12)13(14)16-19/h4-6,9-10,19H,7-8H2,1-3H3,(H2,14,16). The second-order valence-corrected chi connectivity index (χ2v) is 5.15. The minimum Gasteiger partial charge on any atom is -0.409 e. The van der Waals surface area contributed by atoms with Crippen molar-refractivity contribution in [2.75, 3.05) is 25.0 Å². The number of amidine groups is 1. The van der Waals surface area contributed by atoms with Gasteiger partial charge in [-0.2, -0.15) is 0 Å². The van der Waals surface area contributed by atoms with E-state index in [9.17, 15) is 0 Å². The lowest BCUT2D eigenvalue weighted by Crippen LogP contribution is -2.55. The van der Waals surface area contributed by atoms with Crippen LogP contribution in [0.2, 0.25) is 0 Å². The Balaban J connectivity index is 2.32. The van der Waals surface area contributed by atoms with Crippen LogP contribution in [-0.4, -0.2) is 53.1 Å². The molecular weight excluding hydrogens is 242 g/mol. The smallest absolute Gasteiger partial charge is 0.172 e. The van der Waals surface area contributed by atoms with Gasteiger partial charge in [0.15, 0.2) is 5.84 Å². The molecule has 0 spiro atoms. The van der Waals surface area contributed by atoms with Crippen molar-refractivity contribution in [1.29, 1.82) is 0 Å². The van der Waals surface area contributed by atoms with Gasteiger partial charge in [-0.25, -0.2) is 0 Å². The van der Waals surface area contributed by atoms with Gasteiger partial charge in [0.2, 0.25) is 0 Å². The Hall–Kier alpha value is -1.82. The third-order valence-electron chi connectivity index (χ3n) is 3.88. The number of pyridine rings is 1. The molecule has 2 unspecified atom stereocenters. The number of piperazine rings is 1. The van der Waals surface area contributed by atoms with Crippen molar-refractivity contribution in [3.05, 3.63) is 24.0 Å². The number of nitrogens with two attached hydrogens (primary N) is 1. The van der Waals surface area contributed by atoms with Crippen LogP contribution in [0.5, 0.6) is 0 Å². The van der Waals surface area contributed by atoms with E-state index in [0.717, 1.165) is 24.3 Å². The number of oxime groups is 1. The Labute approximate surface area is 113 Å². The quantitative estimate of drug-likeness (QED) is 0.355. The summed E-state index contributed by atoms with van der Waals surface area (Å²) in [6, 6.07) is 2.67. The van der Waals surface area contributed by atoms with Crippen LogP contribution in [-0.2, 0) is 0 Å². The molecule has 3 N–H and O–H groups in total. The van der Waals surface area contributed by atoms with Crippen molar-refractivity contribution in [3.8, 4) is 0 Å². The average Bonchev–Trinajstić information content (AvgIpc) is 2.43. The van der Waals surface area contributed by atoms with Crippen LogP contribution in [0, 0.1) is 0 Å². The molecule has 0 saturated carbocycles. The number of rotatable bonds is 2. The van der Waals surface area contributed by atoms with Crippen LogP contribution >= 0.6 is 0 Å². The normalized spacial score (nSPS) is 25.6. The number of nitrogens with zero attached hydrogens (tertiary/aromatic N) is 4. The van der Waals surface area contributed by atoms with E-state index in [0.29, 0.717) is 12.1 Å². The van der Waals surface area contributed by atoms with E-state index in [2.05, 4.69) is 40.8 Å². The van der Waals surface area contributed by atoms with Gasteiger partial charge in [0.25, 0.3) is 0 Å². The van der Waals surface area contributed by atoms with E-state index >= 15 is 0 Å². The SMILES string of the molecule is CC1CN(c2cnccc2/C(N)=N/O)CC(C)N1C. The highest BCUT2D eigenvalue weighted by Gasteiger charge is 2.28. The maximum atomic E-state index is 8.87. The summed E-state index contributed by atoms with van der Waals surface area (Å²) in [6.07, 6.45) is 3.43. The zero-order valence-corrected chi connectivity index (χ0v) is 11.6. The Morgan fingerprint density at radius 2 is 2.05 bits per heavy atom. The topological polar surface area (TPSA) is 78.0 Å². The molecule has 1 saturated heterocycles. The molecule has 104 valence electrons. The molecular formula is C13H21N5O. The predicted molar refractivity (Wildman–Crippen MR) is 75.6 cm³/mol. The highest BCUT2D eigenvalue weighted by molar-refractivity contribution is 6.02. The largest absolute Gasteiger partial charge is 0.409 e. The Bertz CT molecular complexity index is 464. The molecule has 1 aromatic heterocycles. The molecule has 2 atom stereocenters. The molecule has 6 nitrogen and oxygen atoms in total. The molecule has 1 aromatic rings. The molecule has 1 aliphatic rings. The zero-order valence-electron chi connectivity index (χ0n) is 11.6. The lowest BCUT2D eigenvalue weighted by molar-refractivity contribution is 0.170. The number of hydrogen-bond acceptors (Lipinski definition) is 5. The van der Waals surface area contributed by atoms with Gasteiger partial charge < -0.3 is 15.8 Å². The maximum Gasteiger partial charge on any atom is 0.172 e. The second kappa shape index (κ2) is 5.44. The van der Waals surface area contributed by atoms with Crippen LogP contribution in [0.15, 0.2) is 23.6 Å². The number of aromatic nitrogens is 1. The molecule has 0 aliphatic carbocycles. The van der Waals surface area contributed by atoms with E-state index in [-0.39, 0.29) is 5.84 Å². The molecule has 0 amide bonds. The first-order chi connectivity index (χ1) is 9.04. The summed E-state index contributed by atoms with van der Waals surface area (Å²) in [5.74, 6) is 0.122. The molecule has 6 heteroatoms. The summed E-state index contributed by atoms with van der Waals surface area (Å²) in [7, 11) is 2.14. The van der Waals surface area contributed by atoms with Gasteiger partial charge in [0.05, 0.1) is 11.9 Å². The molecule has 1 aliphatic heterocycles. The first kappa shape index (κ1) is 13.6. The predicted octanol–water partition coefficient (Wildman–Crippen LogP) is 0.705. The van der Waals surface area contributed by atoms with Crippen molar-refractivity contribution >= 4 is 11.5 Å². The van der Waals surface area contributed by atoms with Crippen LogP contribution < -0.4 is 10.6 Å². The monoisotopic (exact) mass is 263 g/mol. The lowest BCUT2D eigenvalue weighted by atomic mass is 10.1. The fraction of sp³-hybridized carbons (Fsp3) is 0.538. The van der Waals surface area contributed by atoms with Crippen molar-refractivity contribution in [1.82, 2.24) is 9.88 Å². The minimum absolute atomic E-state index is 0.122. The molecule has 1 fully saturated rings. The lowest BCUT2D eigenvalue weighted by Gasteiger charge is -2.43. The second-order valence-electron chi connectivity index (χ2n) is 5.15. The Morgan fingerprint density at radius 1 is 1.42 bits per heavy atom. The third-order valence-corrected chi connectivity index (χ3v) is 3.88. The van der Waals surface area contributed by atoms with Gasteiger partial charge in [-0.1, -0.05) is 5.16 Å². The Morgan fingerprint density at radius 3 is 2.63 bits per heavy atom. The first-order valence-electron chi connectivity index (χ1n) is 6.43. The maximum absolute atomic E-state index is 8.87. The number of hydrogen-bond donors (Lipinski definition) is 2. The molecule has 0 aromatic carbocycles. The van der Waals surface area contributed by atoms with Gasteiger partial charge in [0.1, 0.15) is 0 Å². The fourth-order valence-electron chi connectivity index (χ4n) is 2.51. The summed E-state index contributed by atoms with van der Waals surface area (Å²) < 4.78 is 0. The Kier molecular flexibility index (Phi) is 3.90. The summed E-state index contributed by atoms with van der Waals surface area (Å²) in [5.41, 5.74) is 7.38. The molecule has 2 rings (SSSR count). The van der Waals surface area contributed by atoms with Crippen LogP contribution in [0.25, 0.3) is 0 Å². The number of anilines is 1. The molecule has 0 bridgehead atoms.